The zero-order valence-corrected chi connectivity index (χ0v) is 10.2. The lowest BCUT2D eigenvalue weighted by atomic mass is 10.2. The third-order valence-electron chi connectivity index (χ3n) is 1.98. The van der Waals surface area contributed by atoms with Crippen LogP contribution in [-0.4, -0.2) is 29.0 Å². The van der Waals surface area contributed by atoms with Crippen molar-refractivity contribution in [3.8, 4) is 0 Å². The van der Waals surface area contributed by atoms with Gasteiger partial charge >= 0.3 is 6.09 Å². The van der Waals surface area contributed by atoms with Crippen LogP contribution in [0.25, 0.3) is 0 Å². The van der Waals surface area contributed by atoms with Crippen LogP contribution in [0.2, 0.25) is 0 Å². The number of allylic oxidation sites excluding steroid dienone is 2. The predicted molar refractivity (Wildman–Crippen MR) is 70.9 cm³/mol. The van der Waals surface area contributed by atoms with E-state index in [1.54, 1.807) is 18.2 Å². The summed E-state index contributed by atoms with van der Waals surface area (Å²) in [4.78, 5) is 29.5. The highest BCUT2D eigenvalue weighted by Crippen LogP contribution is 2.01. The Balaban J connectivity index is 2.55. The number of ether oxygens (including phenoxy) is 1. The molecule has 6 nitrogen and oxygen atoms in total. The molecule has 0 aromatic carbocycles. The summed E-state index contributed by atoms with van der Waals surface area (Å²) in [6, 6.07) is 1.42. The van der Waals surface area contributed by atoms with E-state index in [-0.39, 0.29) is 18.2 Å². The zero-order valence-electron chi connectivity index (χ0n) is 10.2. The number of carbonyl (C=O) groups is 2. The molecule has 0 spiro atoms. The summed E-state index contributed by atoms with van der Waals surface area (Å²) in [5.41, 5.74) is 0.872. The minimum atomic E-state index is -0.722. The molecule has 0 aliphatic carbocycles. The monoisotopic (exact) mass is 259 g/mol. The van der Waals surface area contributed by atoms with Crippen molar-refractivity contribution in [2.24, 2.45) is 0 Å². The number of hydrogen-bond donors (Lipinski definition) is 1. The minimum absolute atomic E-state index is 0.00227. The third-order valence-corrected chi connectivity index (χ3v) is 1.98. The molecule has 1 heterocycles. The second-order valence-electron chi connectivity index (χ2n) is 3.31. The van der Waals surface area contributed by atoms with Gasteiger partial charge in [-0.1, -0.05) is 31.4 Å². The van der Waals surface area contributed by atoms with Gasteiger partial charge in [-0.05, 0) is 11.6 Å². The smallest absolute Gasteiger partial charge is 0.414 e. The molecular weight excluding hydrogens is 246 g/mol. The molecule has 1 amide bonds. The van der Waals surface area contributed by atoms with E-state index in [0.29, 0.717) is 11.9 Å². The van der Waals surface area contributed by atoms with Gasteiger partial charge in [-0.3, -0.25) is 10.1 Å². The number of nitrogens with zero attached hydrogens (tertiary/aromatic N) is 2. The SMILES string of the molecule is C=C/C=C(\C=C)COC(=O)Nc1nccc(C=O)n1. The van der Waals surface area contributed by atoms with Crippen LogP contribution in [0.4, 0.5) is 10.7 Å². The summed E-state index contributed by atoms with van der Waals surface area (Å²) in [5.74, 6) is 0.00227. The van der Waals surface area contributed by atoms with Crippen LogP contribution in [0.15, 0.2) is 49.2 Å². The molecule has 0 unspecified atom stereocenters. The average molecular weight is 259 g/mol. The number of aromatic nitrogens is 2. The minimum Gasteiger partial charge on any atom is -0.444 e. The Morgan fingerprint density at radius 3 is 2.89 bits per heavy atom. The van der Waals surface area contributed by atoms with E-state index in [9.17, 15) is 9.59 Å². The fourth-order valence-electron chi connectivity index (χ4n) is 1.10. The van der Waals surface area contributed by atoms with Gasteiger partial charge in [-0.25, -0.2) is 14.8 Å². The molecule has 0 aliphatic rings. The Labute approximate surface area is 110 Å². The van der Waals surface area contributed by atoms with Crippen LogP contribution < -0.4 is 5.32 Å². The first-order valence-corrected chi connectivity index (χ1v) is 5.35. The summed E-state index contributed by atoms with van der Waals surface area (Å²) >= 11 is 0. The first-order chi connectivity index (χ1) is 9.19. The number of nitrogens with one attached hydrogen (secondary N) is 1. The molecule has 0 atom stereocenters. The van der Waals surface area contributed by atoms with Crippen molar-refractivity contribution in [1.82, 2.24) is 9.97 Å². The Morgan fingerprint density at radius 2 is 2.26 bits per heavy atom. The Bertz CT molecular complexity index is 524. The van der Waals surface area contributed by atoms with Gasteiger partial charge in [0.25, 0.3) is 0 Å². The molecule has 98 valence electrons. The Kier molecular flexibility index (Phi) is 5.68. The van der Waals surface area contributed by atoms with Crippen molar-refractivity contribution in [2.75, 3.05) is 11.9 Å². The highest BCUT2D eigenvalue weighted by molar-refractivity contribution is 5.83. The fourth-order valence-corrected chi connectivity index (χ4v) is 1.10. The first-order valence-electron chi connectivity index (χ1n) is 5.35. The van der Waals surface area contributed by atoms with Crippen molar-refractivity contribution in [3.05, 3.63) is 54.9 Å². The van der Waals surface area contributed by atoms with Gasteiger partial charge in [0.2, 0.25) is 5.95 Å². The normalized spacial score (nSPS) is 10.4. The summed E-state index contributed by atoms with van der Waals surface area (Å²) in [6.45, 7) is 7.15. The number of amides is 1. The third kappa shape index (κ3) is 4.95. The number of aldehydes is 1. The van der Waals surface area contributed by atoms with Crippen LogP contribution in [0, 0.1) is 0 Å². The lowest BCUT2D eigenvalue weighted by Gasteiger charge is -2.06. The average Bonchev–Trinajstić information content (AvgIpc) is 2.43. The Morgan fingerprint density at radius 1 is 1.47 bits per heavy atom. The van der Waals surface area contributed by atoms with Gasteiger partial charge < -0.3 is 4.74 Å². The van der Waals surface area contributed by atoms with Crippen LogP contribution in [-0.2, 0) is 4.74 Å². The maximum atomic E-state index is 11.4. The highest BCUT2D eigenvalue weighted by Gasteiger charge is 2.06. The van der Waals surface area contributed by atoms with Gasteiger partial charge in [0.1, 0.15) is 12.3 Å². The maximum absolute atomic E-state index is 11.4. The number of hydrogen-bond acceptors (Lipinski definition) is 5. The van der Waals surface area contributed by atoms with Crippen molar-refractivity contribution >= 4 is 18.3 Å². The quantitative estimate of drug-likeness (QED) is 0.625. The van der Waals surface area contributed by atoms with Gasteiger partial charge in [0.15, 0.2) is 6.29 Å². The highest BCUT2D eigenvalue weighted by atomic mass is 16.5. The number of carbonyl (C=O) groups excluding carboxylic acids is 2. The van der Waals surface area contributed by atoms with E-state index in [0.717, 1.165) is 0 Å². The Hall–Kier alpha value is -2.76. The van der Waals surface area contributed by atoms with Gasteiger partial charge in [0.05, 0.1) is 0 Å². The van der Waals surface area contributed by atoms with Crippen LogP contribution in [0.1, 0.15) is 10.5 Å². The molecule has 1 rings (SSSR count). The summed E-state index contributed by atoms with van der Waals surface area (Å²) in [6.07, 6.45) is 5.98. The summed E-state index contributed by atoms with van der Waals surface area (Å²) in [7, 11) is 0. The molecule has 0 fully saturated rings. The summed E-state index contributed by atoms with van der Waals surface area (Å²) < 4.78 is 4.92. The van der Waals surface area contributed by atoms with Crippen molar-refractivity contribution in [1.29, 1.82) is 0 Å². The first kappa shape index (κ1) is 14.3. The second kappa shape index (κ2) is 7.54. The number of rotatable bonds is 6. The largest absolute Gasteiger partial charge is 0.444 e. The van der Waals surface area contributed by atoms with Crippen LogP contribution in [0.3, 0.4) is 0 Å². The second-order valence-corrected chi connectivity index (χ2v) is 3.31. The summed E-state index contributed by atoms with van der Waals surface area (Å²) in [5, 5.41) is 2.31. The molecule has 0 bridgehead atoms. The van der Waals surface area contributed by atoms with Gasteiger partial charge in [0, 0.05) is 6.20 Å². The topological polar surface area (TPSA) is 81.2 Å². The van der Waals surface area contributed by atoms with E-state index in [2.05, 4.69) is 28.4 Å². The molecule has 0 saturated heterocycles. The molecule has 19 heavy (non-hydrogen) atoms. The van der Waals surface area contributed by atoms with Crippen molar-refractivity contribution in [2.45, 2.75) is 0 Å². The van der Waals surface area contributed by atoms with E-state index in [1.807, 2.05) is 0 Å². The maximum Gasteiger partial charge on any atom is 0.414 e. The molecule has 0 radical (unpaired) electrons. The lowest BCUT2D eigenvalue weighted by molar-refractivity contribution is 0.111. The zero-order chi connectivity index (χ0) is 14.1. The lowest BCUT2D eigenvalue weighted by Crippen LogP contribution is -2.17. The predicted octanol–water partition coefficient (Wildman–Crippen LogP) is 2.14. The van der Waals surface area contributed by atoms with Gasteiger partial charge in [-0.15, -0.1) is 0 Å². The van der Waals surface area contributed by atoms with Crippen molar-refractivity contribution < 1.29 is 14.3 Å². The van der Waals surface area contributed by atoms with Crippen LogP contribution in [0.5, 0.6) is 0 Å². The van der Waals surface area contributed by atoms with E-state index in [4.69, 9.17) is 4.74 Å². The molecular formula is C13H13N3O3. The van der Waals surface area contributed by atoms with Crippen LogP contribution >= 0.6 is 0 Å². The molecule has 1 aromatic rings. The van der Waals surface area contributed by atoms with Crippen molar-refractivity contribution in [3.63, 3.8) is 0 Å². The molecule has 0 saturated carbocycles. The molecule has 6 heteroatoms. The molecule has 1 aromatic heterocycles. The van der Waals surface area contributed by atoms with E-state index < -0.39 is 6.09 Å². The number of anilines is 1. The van der Waals surface area contributed by atoms with Gasteiger partial charge in [-0.2, -0.15) is 0 Å². The fraction of sp³-hybridized carbons (Fsp3) is 0.0769. The standard InChI is InChI=1S/C13H13N3O3/c1-3-5-10(4-2)9-19-13(18)16-12-14-7-6-11(8-17)15-12/h3-8H,1-2,9H2,(H,14,15,16,18)/b10-5+. The van der Waals surface area contributed by atoms with E-state index in [1.165, 1.54) is 12.3 Å². The van der Waals surface area contributed by atoms with E-state index >= 15 is 0 Å². The molecule has 1 N–H and O–H groups in total. The molecule has 0 aliphatic heterocycles.